The van der Waals surface area contributed by atoms with Crippen molar-refractivity contribution in [1.29, 1.82) is 0 Å². The van der Waals surface area contributed by atoms with Gasteiger partial charge in [0, 0.05) is 88.0 Å². The van der Waals surface area contributed by atoms with Gasteiger partial charge >= 0.3 is 0 Å². The number of nitrogens with zero attached hydrogens (tertiary/aromatic N) is 4. The number of fused-ring (bicyclic) bond motifs is 22. The maximum atomic E-state index is 6.42. The summed E-state index contributed by atoms with van der Waals surface area (Å²) in [6, 6.07) is 185. The Hall–Kier alpha value is -17.9. The maximum Gasteiger partial charge on any atom is 0.137 e. The molecule has 0 saturated carbocycles. The van der Waals surface area contributed by atoms with Crippen LogP contribution >= 0.6 is 0 Å². The molecule has 22 aromatic carbocycles. The summed E-state index contributed by atoms with van der Waals surface area (Å²) in [4.78, 5) is 4.74. The number of rotatable bonds is 14. The molecule has 5 heteroatoms. The summed E-state index contributed by atoms with van der Waals surface area (Å²) in [5, 5.41) is 19.7. The Labute approximate surface area is 780 Å². The number of furan rings is 1. The van der Waals surface area contributed by atoms with E-state index >= 15 is 0 Å². The van der Waals surface area contributed by atoms with Crippen LogP contribution in [0, 0.1) is 0 Å². The lowest BCUT2D eigenvalue weighted by Gasteiger charge is -2.26. The second kappa shape index (κ2) is 32.6. The third-order valence-corrected chi connectivity index (χ3v) is 27.7. The minimum Gasteiger partial charge on any atom is -0.456 e. The lowest BCUT2D eigenvalue weighted by atomic mass is 9.92. The van der Waals surface area contributed by atoms with Gasteiger partial charge in [-0.15, -0.1) is 0 Å². The fraction of sp³-hybridized carbons (Fsp3) is 0. The molecule has 5 nitrogen and oxygen atoms in total. The Morgan fingerprint density at radius 2 is 0.422 bits per heavy atom. The zero-order valence-corrected chi connectivity index (χ0v) is 73.7. The van der Waals surface area contributed by atoms with Gasteiger partial charge < -0.3 is 23.0 Å². The van der Waals surface area contributed by atoms with Crippen LogP contribution in [0.15, 0.2) is 514 Å². The Balaban J connectivity index is 0.000000141. The fourth-order valence-electron chi connectivity index (χ4n) is 21.7. The molecule has 0 atom stereocenters. The van der Waals surface area contributed by atoms with E-state index in [1.165, 1.54) is 186 Å². The number of aromatic nitrogens is 2. The molecule has 27 rings (SSSR count). The maximum absolute atomic E-state index is 6.42. The van der Waals surface area contributed by atoms with E-state index in [1.807, 2.05) is 6.07 Å². The van der Waals surface area contributed by atoms with Gasteiger partial charge in [0.1, 0.15) is 11.2 Å². The van der Waals surface area contributed by atoms with E-state index in [1.54, 1.807) is 0 Å². The molecule has 135 heavy (non-hydrogen) atoms. The molecule has 5 heterocycles. The predicted molar refractivity (Wildman–Crippen MR) is 572 cm³/mol. The monoisotopic (exact) mass is 1720 g/mol. The minimum absolute atomic E-state index is 0.866. The molecule has 0 aliphatic heterocycles. The number of pyridine rings is 2. The third kappa shape index (κ3) is 13.2. The second-order valence-corrected chi connectivity index (χ2v) is 35.2. The first-order valence-electron chi connectivity index (χ1n) is 46.4. The molecule has 0 saturated heterocycles. The number of hydrogen-bond donors (Lipinski definition) is 0. The van der Waals surface area contributed by atoms with E-state index in [4.69, 9.17) is 4.42 Å². The lowest BCUT2D eigenvalue weighted by Crippen LogP contribution is -2.10. The largest absolute Gasteiger partial charge is 0.456 e. The highest BCUT2D eigenvalue weighted by molar-refractivity contribution is 6.27. The van der Waals surface area contributed by atoms with Crippen molar-refractivity contribution in [3.05, 3.63) is 510 Å². The number of para-hydroxylation sites is 5. The molecule has 0 spiro atoms. The number of anilines is 6. The molecule has 5 aromatic heterocycles. The Morgan fingerprint density at radius 3 is 0.830 bits per heavy atom. The van der Waals surface area contributed by atoms with Crippen molar-refractivity contribution < 1.29 is 4.42 Å². The Bertz CT molecular complexity index is 9180. The average molecular weight is 1720 g/mol. The van der Waals surface area contributed by atoms with E-state index in [-0.39, 0.29) is 0 Å². The molecule has 0 unspecified atom stereocenters. The van der Waals surface area contributed by atoms with Crippen LogP contribution in [0.3, 0.4) is 0 Å². The topological polar surface area (TPSA) is 28.4 Å². The summed E-state index contributed by atoms with van der Waals surface area (Å²) in [6.07, 6.45) is 0. The van der Waals surface area contributed by atoms with E-state index in [2.05, 4.69) is 522 Å². The highest BCUT2D eigenvalue weighted by Gasteiger charge is 2.27. The van der Waals surface area contributed by atoms with Crippen LogP contribution in [-0.2, 0) is 0 Å². The van der Waals surface area contributed by atoms with E-state index in [0.717, 1.165) is 67.2 Å². The van der Waals surface area contributed by atoms with Crippen molar-refractivity contribution in [1.82, 2.24) is 8.80 Å². The SMILES string of the molecule is c1ccc(-c2c3ccccc3n3c4ccccc4c4c(-c5ccc(-c6ccc(N(c7ccc(-c8cccc9ccccc89)cc7)c7cccc8oc9ccccc9c78)cc6)cc5)cccc4c23)cc1.c1ccc(-c2c3ccccc3n3c4ccccc4c4c(-c5ccc(N(c6ccc(-c7cccc8ccccc78)cc6)c6ccc(-c7cccc8ccccc78)cc6)cc5)cccc4c23)cc1. The Kier molecular flexibility index (Phi) is 18.9. The smallest absolute Gasteiger partial charge is 0.137 e. The Morgan fingerprint density at radius 1 is 0.156 bits per heavy atom. The molecule has 630 valence electrons. The molecule has 0 aliphatic carbocycles. The van der Waals surface area contributed by atoms with Gasteiger partial charge in [-0.05, 0) is 213 Å². The van der Waals surface area contributed by atoms with Crippen LogP contribution in [0.4, 0.5) is 34.1 Å². The van der Waals surface area contributed by atoms with Crippen LogP contribution < -0.4 is 9.80 Å². The van der Waals surface area contributed by atoms with Crippen molar-refractivity contribution in [2.45, 2.75) is 0 Å². The highest BCUT2D eigenvalue weighted by atomic mass is 16.3. The van der Waals surface area contributed by atoms with Gasteiger partial charge in [0.05, 0.1) is 44.2 Å². The zero-order valence-electron chi connectivity index (χ0n) is 73.7. The predicted octanol–water partition coefficient (Wildman–Crippen LogP) is 36.4. The van der Waals surface area contributed by atoms with Gasteiger partial charge in [-0.2, -0.15) is 0 Å². The lowest BCUT2D eigenvalue weighted by molar-refractivity contribution is 0.669. The standard InChI is InChI=1S/C66H42N2O.C64H42N2/c1-2-16-48(17-3-1)63-54-20-6-9-26-58(54)68-59-27-10-7-21-55(59)64-53(24-13-25-57(64)66(63)68)47-33-31-43(32-34-47)44-35-39-49(40-36-44)67(60-28-14-30-62-65(60)56-22-8-11-29-61(56)69-62)50-41-37-46(38-42-50)52-23-12-18-45-15-4-5-19-51(45)52;1-2-17-48(18-3-1)62-57-23-8-10-29-60(57)66-61-30-11-9-24-58(61)63-56(27-14-28-59(63)64(62)66)47-35-41-51(42-36-47)65(49-37-31-45(32-38-49)54-25-12-19-43-15-4-6-21-52(43)54)50-39-33-46(34-40-50)55-26-13-20-44-16-5-7-22-53(44)55/h1-42H;1-42H. The summed E-state index contributed by atoms with van der Waals surface area (Å²) in [6.45, 7) is 0. The first kappa shape index (κ1) is 78.2. The van der Waals surface area contributed by atoms with E-state index < -0.39 is 0 Å². The molecule has 0 bridgehead atoms. The van der Waals surface area contributed by atoms with Crippen molar-refractivity contribution >= 4 is 165 Å². The third-order valence-electron chi connectivity index (χ3n) is 27.7. The van der Waals surface area contributed by atoms with Crippen LogP contribution in [-0.4, -0.2) is 8.80 Å². The van der Waals surface area contributed by atoms with E-state index in [0.29, 0.717) is 0 Å². The van der Waals surface area contributed by atoms with Crippen LogP contribution in [0.2, 0.25) is 0 Å². The molecular formula is C130H84N4O. The van der Waals surface area contributed by atoms with Gasteiger partial charge in [0.2, 0.25) is 0 Å². The molecule has 0 fully saturated rings. The zero-order chi connectivity index (χ0) is 89.0. The second-order valence-electron chi connectivity index (χ2n) is 35.2. The summed E-state index contributed by atoms with van der Waals surface area (Å²) in [7, 11) is 0. The van der Waals surface area contributed by atoms with Gasteiger partial charge in [-0.1, -0.05) is 406 Å². The molecule has 0 N–H and O–H groups in total. The van der Waals surface area contributed by atoms with Gasteiger partial charge in [-0.25, -0.2) is 0 Å². The van der Waals surface area contributed by atoms with Gasteiger partial charge in [-0.3, -0.25) is 0 Å². The first-order valence-corrected chi connectivity index (χ1v) is 46.4. The van der Waals surface area contributed by atoms with Crippen LogP contribution in [0.1, 0.15) is 0 Å². The average Bonchev–Trinajstić information content (AvgIpc) is 1.55. The molecule has 0 amide bonds. The quantitative estimate of drug-likeness (QED) is 0.102. The molecular weight excluding hydrogens is 1630 g/mol. The molecule has 0 radical (unpaired) electrons. The van der Waals surface area contributed by atoms with Crippen molar-refractivity contribution in [2.24, 2.45) is 0 Å². The van der Waals surface area contributed by atoms with Gasteiger partial charge in [0.15, 0.2) is 0 Å². The van der Waals surface area contributed by atoms with Gasteiger partial charge in [0.25, 0.3) is 0 Å². The highest BCUT2D eigenvalue weighted by Crippen LogP contribution is 2.51. The summed E-state index contributed by atoms with van der Waals surface area (Å²) >= 11 is 0. The van der Waals surface area contributed by atoms with Crippen molar-refractivity contribution in [3.8, 4) is 89.0 Å². The summed E-state index contributed by atoms with van der Waals surface area (Å²) in [5.41, 5.74) is 34.9. The van der Waals surface area contributed by atoms with Crippen LogP contribution in [0.25, 0.3) is 219 Å². The molecule has 0 aliphatic rings. The minimum atomic E-state index is 0.866. The number of benzene rings is 22. The molecule has 27 aromatic rings. The van der Waals surface area contributed by atoms with E-state index in [9.17, 15) is 0 Å². The number of hydrogen-bond acceptors (Lipinski definition) is 3. The van der Waals surface area contributed by atoms with Crippen molar-refractivity contribution in [2.75, 3.05) is 9.80 Å². The van der Waals surface area contributed by atoms with Crippen molar-refractivity contribution in [3.63, 3.8) is 0 Å². The first-order chi connectivity index (χ1) is 67.0. The fourth-order valence-corrected chi connectivity index (χ4v) is 21.7. The summed E-state index contributed by atoms with van der Waals surface area (Å²) < 4.78 is 11.4. The van der Waals surface area contributed by atoms with Crippen LogP contribution in [0.5, 0.6) is 0 Å². The summed E-state index contributed by atoms with van der Waals surface area (Å²) in [5.74, 6) is 0. The normalized spacial score (nSPS) is 11.7.